The summed E-state index contributed by atoms with van der Waals surface area (Å²) in [6.45, 7) is 0.684. The molecular weight excluding hydrogens is 401 g/mol. The third-order valence-electron chi connectivity index (χ3n) is 4.59. The minimum Gasteiger partial charge on any atom is -0.472 e. The molecule has 0 radical (unpaired) electrons. The van der Waals surface area contributed by atoms with Crippen LogP contribution in [-0.2, 0) is 6.18 Å². The molecule has 1 atom stereocenters. The van der Waals surface area contributed by atoms with Crippen LogP contribution in [0.1, 0.15) is 28.8 Å². The molecule has 0 spiro atoms. The van der Waals surface area contributed by atoms with Crippen LogP contribution >= 0.6 is 0 Å². The number of carbonyl (C=O) groups excluding carboxylic acids is 1. The van der Waals surface area contributed by atoms with E-state index < -0.39 is 17.8 Å². The molecule has 2 heterocycles. The number of hydrogen-bond donors (Lipinski definition) is 2. The van der Waals surface area contributed by atoms with Gasteiger partial charge in [0.05, 0.1) is 23.4 Å². The number of hydrazine groups is 1. The van der Waals surface area contributed by atoms with Crippen molar-refractivity contribution in [2.24, 2.45) is 16.7 Å². The van der Waals surface area contributed by atoms with Gasteiger partial charge in [0, 0.05) is 18.8 Å². The topological polar surface area (TPSA) is 110 Å². The van der Waals surface area contributed by atoms with Crippen molar-refractivity contribution in [3.05, 3.63) is 53.7 Å². The van der Waals surface area contributed by atoms with Gasteiger partial charge in [-0.25, -0.2) is 10.8 Å². The van der Waals surface area contributed by atoms with E-state index in [2.05, 4.69) is 10.1 Å². The molecule has 1 aliphatic heterocycles. The van der Waals surface area contributed by atoms with Crippen LogP contribution in [0, 0.1) is 0 Å². The van der Waals surface area contributed by atoms with E-state index in [0.717, 1.165) is 29.8 Å². The zero-order valence-corrected chi connectivity index (χ0v) is 15.9. The highest BCUT2D eigenvalue weighted by Gasteiger charge is 2.32. The number of nitrogens with two attached hydrogens (primary N) is 2. The van der Waals surface area contributed by atoms with Gasteiger partial charge in [-0.2, -0.15) is 18.3 Å². The van der Waals surface area contributed by atoms with Crippen molar-refractivity contribution in [3.63, 3.8) is 0 Å². The fourth-order valence-corrected chi connectivity index (χ4v) is 3.20. The van der Waals surface area contributed by atoms with Crippen LogP contribution in [0.2, 0.25) is 0 Å². The van der Waals surface area contributed by atoms with Gasteiger partial charge >= 0.3 is 6.18 Å². The molecule has 160 valence electrons. The van der Waals surface area contributed by atoms with Gasteiger partial charge in [-0.05, 0) is 31.0 Å². The highest BCUT2D eigenvalue weighted by Crippen LogP contribution is 2.31. The zero-order chi connectivity index (χ0) is 21.7. The van der Waals surface area contributed by atoms with E-state index in [-0.39, 0.29) is 18.3 Å². The number of likely N-dealkylation sites (tertiary alicyclic amines) is 1. The van der Waals surface area contributed by atoms with Gasteiger partial charge in [0.15, 0.2) is 0 Å². The second kappa shape index (κ2) is 8.99. The highest BCUT2D eigenvalue weighted by atomic mass is 19.4. The monoisotopic (exact) mass is 422 g/mol. The Hall–Kier alpha value is -3.34. The van der Waals surface area contributed by atoms with Crippen molar-refractivity contribution in [1.29, 1.82) is 0 Å². The van der Waals surface area contributed by atoms with Crippen molar-refractivity contribution >= 4 is 17.9 Å². The number of halogens is 3. The Morgan fingerprint density at radius 1 is 1.33 bits per heavy atom. The summed E-state index contributed by atoms with van der Waals surface area (Å²) in [6, 6.07) is 8.38. The van der Waals surface area contributed by atoms with Crippen LogP contribution in [0.5, 0.6) is 5.88 Å². The predicted octanol–water partition coefficient (Wildman–Crippen LogP) is 2.37. The number of aromatic nitrogens is 1. The highest BCUT2D eigenvalue weighted by molar-refractivity contribution is 5.99. The maximum atomic E-state index is 13.1. The van der Waals surface area contributed by atoms with Gasteiger partial charge in [-0.15, -0.1) is 5.10 Å². The van der Waals surface area contributed by atoms with E-state index >= 15 is 0 Å². The number of rotatable bonds is 5. The lowest BCUT2D eigenvalue weighted by atomic mass is 10.1. The molecule has 1 aliphatic rings. The molecule has 1 aromatic heterocycles. The fourth-order valence-electron chi connectivity index (χ4n) is 3.20. The molecule has 0 saturated carbocycles. The zero-order valence-electron chi connectivity index (χ0n) is 15.9. The third-order valence-corrected chi connectivity index (χ3v) is 4.59. The molecular formula is C19H21F3N6O2. The lowest BCUT2D eigenvalue weighted by Crippen LogP contribution is -2.45. The van der Waals surface area contributed by atoms with E-state index in [1.54, 1.807) is 29.2 Å². The number of hydrogen-bond acceptors (Lipinski definition) is 6. The van der Waals surface area contributed by atoms with Crippen molar-refractivity contribution in [3.8, 4) is 5.88 Å². The number of benzene rings is 1. The first-order chi connectivity index (χ1) is 14.3. The van der Waals surface area contributed by atoms with Gasteiger partial charge in [-0.1, -0.05) is 12.1 Å². The SMILES string of the molecule is N/C=N\N(N)c1ccccc1C(=O)N1CCCC(Oc2cc(C(F)(F)F)ccn2)C1. The van der Waals surface area contributed by atoms with Crippen molar-refractivity contribution in [2.75, 3.05) is 18.2 Å². The molecule has 1 aromatic carbocycles. The predicted molar refractivity (Wildman–Crippen MR) is 105 cm³/mol. The van der Waals surface area contributed by atoms with E-state index in [4.69, 9.17) is 16.3 Å². The molecule has 1 saturated heterocycles. The second-order valence-electron chi connectivity index (χ2n) is 6.64. The lowest BCUT2D eigenvalue weighted by molar-refractivity contribution is -0.137. The Morgan fingerprint density at radius 2 is 2.10 bits per heavy atom. The molecule has 30 heavy (non-hydrogen) atoms. The summed E-state index contributed by atoms with van der Waals surface area (Å²) in [4.78, 5) is 18.5. The van der Waals surface area contributed by atoms with Crippen LogP contribution in [0.4, 0.5) is 18.9 Å². The maximum Gasteiger partial charge on any atom is 0.416 e. The summed E-state index contributed by atoms with van der Waals surface area (Å²) < 4.78 is 44.3. The Balaban J connectivity index is 1.74. The first-order valence-corrected chi connectivity index (χ1v) is 9.17. The van der Waals surface area contributed by atoms with E-state index in [9.17, 15) is 18.0 Å². The number of para-hydroxylation sites is 1. The van der Waals surface area contributed by atoms with E-state index in [0.29, 0.717) is 30.6 Å². The molecule has 3 rings (SSSR count). The number of carbonyl (C=O) groups is 1. The quantitative estimate of drug-likeness (QED) is 0.331. The smallest absolute Gasteiger partial charge is 0.416 e. The Morgan fingerprint density at radius 3 is 2.83 bits per heavy atom. The average Bonchev–Trinajstić information content (AvgIpc) is 2.73. The van der Waals surface area contributed by atoms with Crippen molar-refractivity contribution < 1.29 is 22.7 Å². The summed E-state index contributed by atoms with van der Waals surface area (Å²) in [7, 11) is 0. The van der Waals surface area contributed by atoms with Gasteiger partial charge in [0.25, 0.3) is 5.91 Å². The van der Waals surface area contributed by atoms with Crippen LogP contribution in [0.25, 0.3) is 0 Å². The summed E-state index contributed by atoms with van der Waals surface area (Å²) in [5.74, 6) is 5.39. The van der Waals surface area contributed by atoms with Crippen molar-refractivity contribution in [1.82, 2.24) is 9.88 Å². The minimum atomic E-state index is -4.49. The number of piperidine rings is 1. The fraction of sp³-hybridized carbons (Fsp3) is 0.316. The van der Waals surface area contributed by atoms with Crippen LogP contribution < -0.4 is 21.4 Å². The van der Waals surface area contributed by atoms with Crippen LogP contribution in [-0.4, -0.2) is 41.3 Å². The summed E-state index contributed by atoms with van der Waals surface area (Å²) in [6.07, 6.45) is -1.70. The Bertz CT molecular complexity index is 921. The molecule has 11 heteroatoms. The molecule has 0 bridgehead atoms. The molecule has 8 nitrogen and oxygen atoms in total. The summed E-state index contributed by atoms with van der Waals surface area (Å²) >= 11 is 0. The summed E-state index contributed by atoms with van der Waals surface area (Å²) in [5.41, 5.74) is 5.11. The van der Waals surface area contributed by atoms with Crippen molar-refractivity contribution in [2.45, 2.75) is 25.1 Å². The molecule has 4 N–H and O–H groups in total. The van der Waals surface area contributed by atoms with Crippen LogP contribution in [0.3, 0.4) is 0 Å². The molecule has 1 amide bonds. The minimum absolute atomic E-state index is 0.130. The second-order valence-corrected chi connectivity index (χ2v) is 6.64. The van der Waals surface area contributed by atoms with E-state index in [1.165, 1.54) is 0 Å². The van der Waals surface area contributed by atoms with Crippen LogP contribution in [0.15, 0.2) is 47.7 Å². The first-order valence-electron chi connectivity index (χ1n) is 9.17. The first kappa shape index (κ1) is 21.4. The summed E-state index contributed by atoms with van der Waals surface area (Å²) in [5, 5.41) is 4.75. The molecule has 1 unspecified atom stereocenters. The Labute approximate surface area is 170 Å². The Kier molecular flexibility index (Phi) is 6.40. The number of hydrazone groups is 1. The number of anilines is 1. The maximum absolute atomic E-state index is 13.1. The average molecular weight is 422 g/mol. The number of amides is 1. The molecule has 1 fully saturated rings. The van der Waals surface area contributed by atoms with Gasteiger partial charge in [0.1, 0.15) is 12.4 Å². The number of pyridine rings is 1. The number of alkyl halides is 3. The normalized spacial score (nSPS) is 17.2. The largest absolute Gasteiger partial charge is 0.472 e. The third kappa shape index (κ3) is 4.98. The lowest BCUT2D eigenvalue weighted by Gasteiger charge is -2.33. The molecule has 2 aromatic rings. The van der Waals surface area contributed by atoms with E-state index in [1.807, 2.05) is 0 Å². The number of ether oxygens (including phenoxy) is 1. The van der Waals surface area contributed by atoms with Gasteiger partial charge in [-0.3, -0.25) is 4.79 Å². The standard InChI is InChI=1S/C19H21F3N6O2/c20-19(21,22)13-7-8-25-17(10-13)30-14-4-3-9-27(11-14)18(29)15-5-1-2-6-16(15)28(24)26-12-23/h1-2,5-8,10,12,14H,3-4,9,11,24H2,(H2,23,26). The van der Waals surface area contributed by atoms with Gasteiger partial charge in [0.2, 0.25) is 5.88 Å². The van der Waals surface area contributed by atoms with Gasteiger partial charge < -0.3 is 15.4 Å². The number of nitrogens with zero attached hydrogens (tertiary/aromatic N) is 4. The molecule has 0 aliphatic carbocycles.